The molecule has 8 heteroatoms. The van der Waals surface area contributed by atoms with Crippen molar-refractivity contribution in [2.24, 2.45) is 0 Å². The summed E-state index contributed by atoms with van der Waals surface area (Å²) in [6.45, 7) is 1.35. The Labute approximate surface area is 143 Å². The number of aromatic nitrogens is 2. The first-order chi connectivity index (χ1) is 10.5. The van der Waals surface area contributed by atoms with Crippen molar-refractivity contribution in [1.29, 1.82) is 0 Å². The second-order valence-corrected chi connectivity index (χ2v) is 6.06. The van der Waals surface area contributed by atoms with Gasteiger partial charge in [0.2, 0.25) is 0 Å². The van der Waals surface area contributed by atoms with Crippen molar-refractivity contribution >= 4 is 49.4 Å². The zero-order valence-corrected chi connectivity index (χ0v) is 14.6. The SMILES string of the molecule is Cc1cnc(C(=O)OCC(=O)Nc2ccc(Br)cc2Br)cn1. The van der Waals surface area contributed by atoms with Crippen LogP contribution in [-0.2, 0) is 9.53 Å². The molecule has 0 aliphatic rings. The second-order valence-electron chi connectivity index (χ2n) is 4.29. The van der Waals surface area contributed by atoms with Gasteiger partial charge in [-0.05, 0) is 41.1 Å². The highest BCUT2D eigenvalue weighted by Gasteiger charge is 2.12. The summed E-state index contributed by atoms with van der Waals surface area (Å²) in [5.74, 6) is -1.14. The van der Waals surface area contributed by atoms with Crippen molar-refractivity contribution in [3.63, 3.8) is 0 Å². The molecule has 0 aliphatic carbocycles. The fourth-order valence-electron chi connectivity index (χ4n) is 1.48. The van der Waals surface area contributed by atoms with Crippen LogP contribution >= 0.6 is 31.9 Å². The Kier molecular flexibility index (Phi) is 5.62. The molecule has 1 N–H and O–H groups in total. The van der Waals surface area contributed by atoms with Crippen LogP contribution < -0.4 is 5.32 Å². The highest BCUT2D eigenvalue weighted by molar-refractivity contribution is 9.11. The van der Waals surface area contributed by atoms with Crippen LogP contribution in [0.15, 0.2) is 39.5 Å². The first-order valence-electron chi connectivity index (χ1n) is 6.16. The molecule has 2 rings (SSSR count). The number of rotatable bonds is 4. The third kappa shape index (κ3) is 4.60. The Bertz CT molecular complexity index is 705. The number of amides is 1. The minimum Gasteiger partial charge on any atom is -0.451 e. The van der Waals surface area contributed by atoms with Gasteiger partial charge in [-0.3, -0.25) is 9.78 Å². The summed E-state index contributed by atoms with van der Waals surface area (Å²) in [5.41, 5.74) is 1.33. The number of nitrogens with zero attached hydrogens (tertiary/aromatic N) is 2. The van der Waals surface area contributed by atoms with Gasteiger partial charge in [0.05, 0.1) is 17.6 Å². The normalized spacial score (nSPS) is 10.1. The summed E-state index contributed by atoms with van der Waals surface area (Å²) in [6, 6.07) is 5.30. The minimum atomic E-state index is -0.697. The van der Waals surface area contributed by atoms with Gasteiger partial charge in [-0.25, -0.2) is 9.78 Å². The van der Waals surface area contributed by atoms with E-state index in [4.69, 9.17) is 4.74 Å². The number of carbonyl (C=O) groups is 2. The number of ether oxygens (including phenoxy) is 1. The number of benzene rings is 1. The molecule has 0 saturated heterocycles. The van der Waals surface area contributed by atoms with E-state index >= 15 is 0 Å². The highest BCUT2D eigenvalue weighted by atomic mass is 79.9. The lowest BCUT2D eigenvalue weighted by molar-refractivity contribution is -0.119. The van der Waals surface area contributed by atoms with Gasteiger partial charge in [0, 0.05) is 15.1 Å². The molecule has 0 spiro atoms. The van der Waals surface area contributed by atoms with E-state index in [2.05, 4.69) is 47.1 Å². The van der Waals surface area contributed by atoms with Gasteiger partial charge < -0.3 is 10.1 Å². The first-order valence-corrected chi connectivity index (χ1v) is 7.75. The van der Waals surface area contributed by atoms with Crippen molar-refractivity contribution < 1.29 is 14.3 Å². The van der Waals surface area contributed by atoms with Crippen LogP contribution in [0.2, 0.25) is 0 Å². The van der Waals surface area contributed by atoms with Crippen LogP contribution in [0.1, 0.15) is 16.2 Å². The second kappa shape index (κ2) is 7.46. The predicted molar refractivity (Wildman–Crippen MR) is 87.5 cm³/mol. The minimum absolute atomic E-state index is 0.0585. The number of nitrogens with one attached hydrogen (secondary N) is 1. The van der Waals surface area contributed by atoms with Crippen molar-refractivity contribution in [2.45, 2.75) is 6.92 Å². The summed E-state index contributed by atoms with van der Waals surface area (Å²) in [6.07, 6.45) is 2.76. The molecule has 0 atom stereocenters. The summed E-state index contributed by atoms with van der Waals surface area (Å²) in [5, 5.41) is 2.63. The number of hydrogen-bond donors (Lipinski definition) is 1. The van der Waals surface area contributed by atoms with E-state index in [1.807, 2.05) is 0 Å². The van der Waals surface area contributed by atoms with Gasteiger partial charge in [0.15, 0.2) is 12.3 Å². The van der Waals surface area contributed by atoms with Crippen molar-refractivity contribution in [1.82, 2.24) is 9.97 Å². The van der Waals surface area contributed by atoms with Crippen molar-refractivity contribution in [3.8, 4) is 0 Å². The molecule has 0 bridgehead atoms. The van der Waals surface area contributed by atoms with E-state index in [1.54, 1.807) is 25.1 Å². The summed E-state index contributed by atoms with van der Waals surface area (Å²) >= 11 is 6.65. The van der Waals surface area contributed by atoms with Crippen molar-refractivity contribution in [3.05, 3.63) is 50.9 Å². The largest absolute Gasteiger partial charge is 0.451 e. The average Bonchev–Trinajstić information content (AvgIpc) is 2.48. The Hall–Kier alpha value is -1.80. The first kappa shape index (κ1) is 16.6. The van der Waals surface area contributed by atoms with Gasteiger partial charge in [-0.15, -0.1) is 0 Å². The smallest absolute Gasteiger partial charge is 0.359 e. The van der Waals surface area contributed by atoms with Crippen molar-refractivity contribution in [2.75, 3.05) is 11.9 Å². The third-order valence-corrected chi connectivity index (χ3v) is 3.68. The van der Waals surface area contributed by atoms with Crippen LogP contribution in [-0.4, -0.2) is 28.5 Å². The molecule has 0 unspecified atom stereocenters. The number of anilines is 1. The van der Waals surface area contributed by atoms with Gasteiger partial charge in [-0.2, -0.15) is 0 Å². The Morgan fingerprint density at radius 3 is 2.64 bits per heavy atom. The van der Waals surface area contributed by atoms with Crippen LogP contribution in [0, 0.1) is 6.92 Å². The lowest BCUT2D eigenvalue weighted by Crippen LogP contribution is -2.21. The monoisotopic (exact) mass is 427 g/mol. The molecule has 1 heterocycles. The third-order valence-electron chi connectivity index (χ3n) is 2.53. The number of hydrogen-bond acceptors (Lipinski definition) is 5. The lowest BCUT2D eigenvalue weighted by atomic mass is 10.3. The van der Waals surface area contributed by atoms with E-state index in [1.165, 1.54) is 12.4 Å². The Balaban J connectivity index is 1.89. The summed E-state index contributed by atoms with van der Waals surface area (Å²) < 4.78 is 6.48. The molecular formula is C14H11Br2N3O3. The summed E-state index contributed by atoms with van der Waals surface area (Å²) in [7, 11) is 0. The van der Waals surface area contributed by atoms with Gasteiger partial charge in [0.1, 0.15) is 0 Å². The van der Waals surface area contributed by atoms with Gasteiger partial charge >= 0.3 is 5.97 Å². The number of aryl methyl sites for hydroxylation is 1. The van der Waals surface area contributed by atoms with Crippen LogP contribution in [0.3, 0.4) is 0 Å². The predicted octanol–water partition coefficient (Wildman–Crippen LogP) is 3.11. The standard InChI is InChI=1S/C14H11Br2N3O3/c1-8-5-18-12(6-17-8)14(21)22-7-13(20)19-11-3-2-9(15)4-10(11)16/h2-6H,7H2,1H3,(H,19,20). The number of halogens is 2. The van der Waals surface area contributed by atoms with E-state index in [0.29, 0.717) is 15.9 Å². The molecule has 0 aliphatic heterocycles. The fourth-order valence-corrected chi connectivity index (χ4v) is 2.63. The zero-order valence-electron chi connectivity index (χ0n) is 11.5. The molecule has 1 aromatic heterocycles. The molecule has 2 aromatic rings. The topological polar surface area (TPSA) is 81.2 Å². The highest BCUT2D eigenvalue weighted by Crippen LogP contribution is 2.26. The van der Waals surface area contributed by atoms with Crippen LogP contribution in [0.25, 0.3) is 0 Å². The van der Waals surface area contributed by atoms with E-state index in [9.17, 15) is 9.59 Å². The Morgan fingerprint density at radius 2 is 2.00 bits per heavy atom. The van der Waals surface area contributed by atoms with E-state index in [0.717, 1.165) is 4.47 Å². The molecule has 6 nitrogen and oxygen atoms in total. The van der Waals surface area contributed by atoms with Gasteiger partial charge in [0.25, 0.3) is 5.91 Å². The molecule has 0 fully saturated rings. The molecular weight excluding hydrogens is 418 g/mol. The van der Waals surface area contributed by atoms with Crippen LogP contribution in [0.4, 0.5) is 5.69 Å². The molecule has 114 valence electrons. The Morgan fingerprint density at radius 1 is 1.23 bits per heavy atom. The maximum Gasteiger partial charge on any atom is 0.359 e. The number of carbonyl (C=O) groups excluding carboxylic acids is 2. The molecule has 0 radical (unpaired) electrons. The number of esters is 1. The van der Waals surface area contributed by atoms with Gasteiger partial charge in [-0.1, -0.05) is 15.9 Å². The summed E-state index contributed by atoms with van der Waals surface area (Å²) in [4.78, 5) is 31.3. The zero-order chi connectivity index (χ0) is 16.1. The quantitative estimate of drug-likeness (QED) is 0.756. The lowest BCUT2D eigenvalue weighted by Gasteiger charge is -2.08. The maximum absolute atomic E-state index is 11.8. The molecule has 0 saturated carbocycles. The van der Waals surface area contributed by atoms with E-state index < -0.39 is 18.5 Å². The molecule has 22 heavy (non-hydrogen) atoms. The van der Waals surface area contributed by atoms with Crippen LogP contribution in [0.5, 0.6) is 0 Å². The molecule has 1 aromatic carbocycles. The molecule has 1 amide bonds. The average molecular weight is 429 g/mol. The van der Waals surface area contributed by atoms with E-state index in [-0.39, 0.29) is 5.69 Å². The fraction of sp³-hybridized carbons (Fsp3) is 0.143. The maximum atomic E-state index is 11.8.